The van der Waals surface area contributed by atoms with E-state index in [2.05, 4.69) is 125 Å². The lowest BCUT2D eigenvalue weighted by Crippen LogP contribution is -1.89. The van der Waals surface area contributed by atoms with E-state index in [4.69, 9.17) is 0 Å². The van der Waals surface area contributed by atoms with Crippen LogP contribution in [0.2, 0.25) is 0 Å². The predicted octanol–water partition coefficient (Wildman–Crippen LogP) is 7.79. The molecule has 0 heteroatoms. The van der Waals surface area contributed by atoms with Gasteiger partial charge in [0.15, 0.2) is 0 Å². The van der Waals surface area contributed by atoms with Crippen LogP contribution < -0.4 is 0 Å². The molecule has 0 aromatic heterocycles. The van der Waals surface area contributed by atoms with E-state index in [1.807, 2.05) is 0 Å². The highest BCUT2D eigenvalue weighted by molar-refractivity contribution is 5.32. The number of rotatable bonds is 4. The van der Waals surface area contributed by atoms with Crippen molar-refractivity contribution in [1.82, 2.24) is 0 Å². The normalized spacial score (nSPS) is 10.3. The highest BCUT2D eigenvalue weighted by atomic mass is 14.0. The maximum atomic E-state index is 2.25. The van der Waals surface area contributed by atoms with Gasteiger partial charge in [-0.15, -0.1) is 0 Å². The number of aryl methyl sites for hydroxylation is 4. The summed E-state index contributed by atoms with van der Waals surface area (Å²) in [4.78, 5) is 0. The largest absolute Gasteiger partial charge is 0.0617 e. The molecule has 152 valence electrons. The van der Waals surface area contributed by atoms with Gasteiger partial charge >= 0.3 is 0 Å². The van der Waals surface area contributed by atoms with Gasteiger partial charge in [-0.2, -0.15) is 0 Å². The zero-order valence-electron chi connectivity index (χ0n) is 18.7. The van der Waals surface area contributed by atoms with Gasteiger partial charge in [0.25, 0.3) is 0 Å². The molecule has 30 heavy (non-hydrogen) atoms. The van der Waals surface area contributed by atoms with E-state index in [0.717, 1.165) is 12.8 Å². The van der Waals surface area contributed by atoms with Crippen LogP contribution in [0.15, 0.2) is 97.1 Å². The Morgan fingerprint density at radius 1 is 0.367 bits per heavy atom. The molecule has 0 aliphatic heterocycles. The maximum Gasteiger partial charge on any atom is -0.00256 e. The molecule has 0 amide bonds. The Bertz CT molecular complexity index is 912. The first-order valence-corrected chi connectivity index (χ1v) is 10.7. The van der Waals surface area contributed by atoms with E-state index in [1.165, 1.54) is 44.5 Å². The molecule has 0 radical (unpaired) electrons. The minimum absolute atomic E-state index is 1.03. The zero-order chi connectivity index (χ0) is 21.3. The molecule has 0 nitrogen and oxygen atoms in total. The number of benzene rings is 4. The molecule has 4 rings (SSSR count). The summed E-state index contributed by atoms with van der Waals surface area (Å²) in [6.07, 6.45) is 2.06. The molecule has 0 unspecified atom stereocenters. The third-order valence-electron chi connectivity index (χ3n) is 5.15. The van der Waals surface area contributed by atoms with E-state index >= 15 is 0 Å². The molecular formula is C30H32. The quantitative estimate of drug-likeness (QED) is 0.332. The van der Waals surface area contributed by atoms with Crippen LogP contribution in [0, 0.1) is 27.7 Å². The molecule has 0 aliphatic carbocycles. The molecule has 0 atom stereocenters. The van der Waals surface area contributed by atoms with Crippen molar-refractivity contribution in [1.29, 1.82) is 0 Å². The molecule has 0 saturated heterocycles. The Morgan fingerprint density at radius 3 is 0.800 bits per heavy atom. The van der Waals surface area contributed by atoms with Crippen LogP contribution >= 0.6 is 0 Å². The summed E-state index contributed by atoms with van der Waals surface area (Å²) in [7, 11) is 0. The Kier molecular flexibility index (Phi) is 7.63. The van der Waals surface area contributed by atoms with Gasteiger partial charge in [0.1, 0.15) is 0 Å². The van der Waals surface area contributed by atoms with Crippen molar-refractivity contribution in [3.8, 4) is 0 Å². The first kappa shape index (κ1) is 21.6. The van der Waals surface area contributed by atoms with Crippen LogP contribution in [0.4, 0.5) is 0 Å². The standard InChI is InChI=1S/2C15H16/c2*1-12-5-3-7-14(9-12)11-15-8-4-6-13(2)10-15/h2*3-10H,11H2,1-2H3. The van der Waals surface area contributed by atoms with E-state index in [1.54, 1.807) is 0 Å². The second kappa shape index (κ2) is 10.6. The molecule has 0 aliphatic rings. The topological polar surface area (TPSA) is 0 Å². The van der Waals surface area contributed by atoms with Crippen LogP contribution in [0.3, 0.4) is 0 Å². The molecule has 0 fully saturated rings. The van der Waals surface area contributed by atoms with Gasteiger partial charge < -0.3 is 0 Å². The summed E-state index contributed by atoms with van der Waals surface area (Å²) in [5.74, 6) is 0. The number of hydrogen-bond donors (Lipinski definition) is 0. The summed E-state index contributed by atoms with van der Waals surface area (Å²) in [6, 6.07) is 34.8. The fourth-order valence-corrected chi connectivity index (χ4v) is 3.76. The van der Waals surface area contributed by atoms with E-state index < -0.39 is 0 Å². The fourth-order valence-electron chi connectivity index (χ4n) is 3.76. The monoisotopic (exact) mass is 392 g/mol. The molecule has 0 heterocycles. The van der Waals surface area contributed by atoms with Crippen molar-refractivity contribution in [3.05, 3.63) is 142 Å². The Hall–Kier alpha value is -3.12. The SMILES string of the molecule is Cc1cccc(Cc2cccc(C)c2)c1.Cc1cccc(Cc2cccc(C)c2)c1. The molecule has 0 N–H and O–H groups in total. The highest BCUT2D eigenvalue weighted by Gasteiger charge is 1.97. The molecule has 0 bridgehead atoms. The Morgan fingerprint density at radius 2 is 0.600 bits per heavy atom. The second-order valence-electron chi connectivity index (χ2n) is 8.31. The lowest BCUT2D eigenvalue weighted by atomic mass is 10.0. The molecule has 0 saturated carbocycles. The first-order valence-electron chi connectivity index (χ1n) is 10.7. The lowest BCUT2D eigenvalue weighted by molar-refractivity contribution is 1.17. The minimum atomic E-state index is 1.03. The second-order valence-corrected chi connectivity index (χ2v) is 8.31. The summed E-state index contributed by atoms with van der Waals surface area (Å²) in [6.45, 7) is 8.55. The van der Waals surface area contributed by atoms with E-state index in [-0.39, 0.29) is 0 Å². The van der Waals surface area contributed by atoms with Crippen molar-refractivity contribution < 1.29 is 0 Å². The summed E-state index contributed by atoms with van der Waals surface area (Å²) in [5.41, 5.74) is 10.9. The van der Waals surface area contributed by atoms with Crippen LogP contribution in [-0.2, 0) is 12.8 Å². The zero-order valence-corrected chi connectivity index (χ0v) is 18.7. The van der Waals surface area contributed by atoms with Crippen molar-refractivity contribution in [2.75, 3.05) is 0 Å². The van der Waals surface area contributed by atoms with Crippen LogP contribution in [-0.4, -0.2) is 0 Å². The van der Waals surface area contributed by atoms with E-state index in [0.29, 0.717) is 0 Å². The average Bonchev–Trinajstić information content (AvgIpc) is 2.69. The van der Waals surface area contributed by atoms with Crippen LogP contribution in [0.25, 0.3) is 0 Å². The third kappa shape index (κ3) is 7.04. The van der Waals surface area contributed by atoms with Crippen molar-refractivity contribution in [3.63, 3.8) is 0 Å². The molecule has 0 spiro atoms. The molecule has 4 aromatic carbocycles. The van der Waals surface area contributed by atoms with Crippen molar-refractivity contribution in [2.45, 2.75) is 40.5 Å². The van der Waals surface area contributed by atoms with E-state index in [9.17, 15) is 0 Å². The fraction of sp³-hybridized carbons (Fsp3) is 0.200. The predicted molar refractivity (Wildman–Crippen MR) is 130 cm³/mol. The Labute approximate surface area is 182 Å². The summed E-state index contributed by atoms with van der Waals surface area (Å²) in [5, 5.41) is 0. The van der Waals surface area contributed by atoms with Crippen LogP contribution in [0.1, 0.15) is 44.5 Å². The van der Waals surface area contributed by atoms with Crippen molar-refractivity contribution >= 4 is 0 Å². The van der Waals surface area contributed by atoms with Gasteiger partial charge in [0, 0.05) is 0 Å². The maximum absolute atomic E-state index is 2.25. The minimum Gasteiger partial charge on any atom is -0.0617 e. The van der Waals surface area contributed by atoms with Gasteiger partial charge in [-0.25, -0.2) is 0 Å². The van der Waals surface area contributed by atoms with Gasteiger partial charge in [0.05, 0.1) is 0 Å². The van der Waals surface area contributed by atoms with Gasteiger partial charge in [-0.1, -0.05) is 119 Å². The summed E-state index contributed by atoms with van der Waals surface area (Å²) >= 11 is 0. The highest BCUT2D eigenvalue weighted by Crippen LogP contribution is 2.13. The molecule has 4 aromatic rings. The van der Waals surface area contributed by atoms with Crippen LogP contribution in [0.5, 0.6) is 0 Å². The summed E-state index contributed by atoms with van der Waals surface area (Å²) < 4.78 is 0. The van der Waals surface area contributed by atoms with Gasteiger partial charge in [-0.05, 0) is 62.8 Å². The van der Waals surface area contributed by atoms with Gasteiger partial charge in [-0.3, -0.25) is 0 Å². The first-order chi connectivity index (χ1) is 14.5. The van der Waals surface area contributed by atoms with Gasteiger partial charge in [0.2, 0.25) is 0 Å². The average molecular weight is 393 g/mol. The molecular weight excluding hydrogens is 360 g/mol. The lowest BCUT2D eigenvalue weighted by Gasteiger charge is -2.04. The third-order valence-corrected chi connectivity index (χ3v) is 5.15. The number of hydrogen-bond acceptors (Lipinski definition) is 0. The van der Waals surface area contributed by atoms with Crippen molar-refractivity contribution in [2.24, 2.45) is 0 Å². The smallest absolute Gasteiger partial charge is 0.00256 e. The Balaban J connectivity index is 0.000000171.